The van der Waals surface area contributed by atoms with Crippen molar-refractivity contribution in [3.63, 3.8) is 0 Å². The molecular formula is C20H22O4. The van der Waals surface area contributed by atoms with Gasteiger partial charge in [0.05, 0.1) is 19.3 Å². The Morgan fingerprint density at radius 2 is 1.88 bits per heavy atom. The highest BCUT2D eigenvalue weighted by molar-refractivity contribution is 6.00. The summed E-state index contributed by atoms with van der Waals surface area (Å²) in [7, 11) is 1.65. The maximum Gasteiger partial charge on any atom is 0.170 e. The molecule has 0 bridgehead atoms. The number of carbonyl (C=O) groups is 1. The summed E-state index contributed by atoms with van der Waals surface area (Å²) in [4.78, 5) is 12.1. The zero-order valence-electron chi connectivity index (χ0n) is 14.3. The van der Waals surface area contributed by atoms with E-state index in [4.69, 9.17) is 14.2 Å². The second-order valence-corrected chi connectivity index (χ2v) is 6.17. The summed E-state index contributed by atoms with van der Waals surface area (Å²) < 4.78 is 17.0. The van der Waals surface area contributed by atoms with Crippen molar-refractivity contribution in [1.29, 1.82) is 0 Å². The number of hydrogen-bond donors (Lipinski definition) is 0. The lowest BCUT2D eigenvalue weighted by Crippen LogP contribution is -2.17. The molecule has 3 rings (SSSR count). The average molecular weight is 326 g/mol. The van der Waals surface area contributed by atoms with E-state index in [2.05, 4.69) is 13.8 Å². The van der Waals surface area contributed by atoms with Gasteiger partial charge < -0.3 is 14.2 Å². The molecule has 0 saturated heterocycles. The minimum atomic E-state index is 0.139. The summed E-state index contributed by atoms with van der Waals surface area (Å²) in [5.74, 6) is 2.63. The molecule has 4 heteroatoms. The molecule has 0 radical (unpaired) electrons. The Labute approximate surface area is 142 Å². The van der Waals surface area contributed by atoms with Gasteiger partial charge in [0.25, 0.3) is 0 Å². The highest BCUT2D eigenvalue weighted by atomic mass is 16.5. The molecule has 2 aromatic carbocycles. The minimum absolute atomic E-state index is 0.139. The Morgan fingerprint density at radius 1 is 1.12 bits per heavy atom. The Morgan fingerprint density at radius 3 is 2.54 bits per heavy atom. The quantitative estimate of drug-likeness (QED) is 0.819. The lowest BCUT2D eigenvalue weighted by Gasteiger charge is -2.24. The van der Waals surface area contributed by atoms with Crippen molar-refractivity contribution in [2.24, 2.45) is 0 Å². The van der Waals surface area contributed by atoms with Gasteiger partial charge in [-0.05, 0) is 35.7 Å². The lowest BCUT2D eigenvalue weighted by molar-refractivity contribution is 0.0932. The largest absolute Gasteiger partial charge is 0.497 e. The fourth-order valence-electron chi connectivity index (χ4n) is 2.89. The van der Waals surface area contributed by atoms with Crippen LogP contribution in [0.2, 0.25) is 0 Å². The van der Waals surface area contributed by atoms with Crippen LogP contribution in [0.15, 0.2) is 36.4 Å². The van der Waals surface area contributed by atoms with Crippen LogP contribution < -0.4 is 14.2 Å². The Hall–Kier alpha value is -2.49. The maximum absolute atomic E-state index is 12.1. The predicted octanol–water partition coefficient (Wildman–Crippen LogP) is 4.36. The van der Waals surface area contributed by atoms with Gasteiger partial charge in [0.2, 0.25) is 0 Å². The second kappa shape index (κ2) is 6.95. The van der Waals surface area contributed by atoms with Crippen molar-refractivity contribution in [3.05, 3.63) is 53.1 Å². The van der Waals surface area contributed by atoms with Crippen molar-refractivity contribution < 1.29 is 19.0 Å². The van der Waals surface area contributed by atoms with E-state index in [1.807, 2.05) is 36.4 Å². The number of carbonyl (C=O) groups excluding carboxylic acids is 1. The third kappa shape index (κ3) is 3.23. The number of methoxy groups -OCH3 is 1. The molecule has 0 fully saturated rings. The van der Waals surface area contributed by atoms with Gasteiger partial charge in [-0.3, -0.25) is 4.79 Å². The van der Waals surface area contributed by atoms with E-state index in [0.29, 0.717) is 30.9 Å². The molecule has 0 amide bonds. The van der Waals surface area contributed by atoms with E-state index in [-0.39, 0.29) is 11.7 Å². The van der Waals surface area contributed by atoms with Crippen molar-refractivity contribution >= 4 is 5.78 Å². The van der Waals surface area contributed by atoms with Gasteiger partial charge in [0.15, 0.2) is 5.78 Å². The van der Waals surface area contributed by atoms with Crippen LogP contribution in [0.5, 0.6) is 17.2 Å². The van der Waals surface area contributed by atoms with E-state index >= 15 is 0 Å². The first kappa shape index (κ1) is 16.4. The molecule has 0 aliphatic carbocycles. The summed E-state index contributed by atoms with van der Waals surface area (Å²) in [6.45, 7) is 5.06. The van der Waals surface area contributed by atoms with Gasteiger partial charge in [-0.1, -0.05) is 26.0 Å². The molecule has 126 valence electrons. The smallest absolute Gasteiger partial charge is 0.170 e. The normalized spacial score (nSPS) is 13.4. The molecule has 0 saturated carbocycles. The molecule has 0 aromatic heterocycles. The molecule has 1 aliphatic heterocycles. The molecule has 24 heavy (non-hydrogen) atoms. The van der Waals surface area contributed by atoms with Crippen LogP contribution in [0, 0.1) is 0 Å². The van der Waals surface area contributed by atoms with Crippen LogP contribution in [-0.4, -0.2) is 19.5 Å². The van der Waals surface area contributed by atoms with Crippen LogP contribution in [0.1, 0.15) is 47.7 Å². The zero-order chi connectivity index (χ0) is 17.1. The monoisotopic (exact) mass is 326 g/mol. The third-order valence-electron chi connectivity index (χ3n) is 4.16. The third-order valence-corrected chi connectivity index (χ3v) is 4.16. The van der Waals surface area contributed by atoms with Gasteiger partial charge in [-0.2, -0.15) is 0 Å². The standard InChI is InChI=1S/C20H22O4/c1-13(2)19-18(9-8-16-17(21)10-11-23-20(16)19)24-12-14-4-6-15(22-3)7-5-14/h4-9,13H,10-12H2,1-3H3. The molecule has 0 atom stereocenters. The van der Waals surface area contributed by atoms with Crippen LogP contribution in [0.3, 0.4) is 0 Å². The number of Topliss-reactive ketones (excluding diaryl/α,β-unsaturated/α-hetero) is 1. The summed E-state index contributed by atoms with van der Waals surface area (Å²) in [6.07, 6.45) is 0.441. The highest BCUT2D eigenvalue weighted by Gasteiger charge is 2.25. The summed E-state index contributed by atoms with van der Waals surface area (Å²) >= 11 is 0. The van der Waals surface area contributed by atoms with E-state index in [9.17, 15) is 4.79 Å². The van der Waals surface area contributed by atoms with E-state index < -0.39 is 0 Å². The number of rotatable bonds is 5. The van der Waals surface area contributed by atoms with Gasteiger partial charge in [-0.25, -0.2) is 0 Å². The molecular weight excluding hydrogens is 304 g/mol. The van der Waals surface area contributed by atoms with Crippen LogP contribution in [-0.2, 0) is 6.61 Å². The van der Waals surface area contributed by atoms with Crippen molar-refractivity contribution in [2.75, 3.05) is 13.7 Å². The Balaban J connectivity index is 1.86. The predicted molar refractivity (Wildman–Crippen MR) is 92.3 cm³/mol. The fourth-order valence-corrected chi connectivity index (χ4v) is 2.89. The zero-order valence-corrected chi connectivity index (χ0v) is 14.3. The molecule has 2 aromatic rings. The van der Waals surface area contributed by atoms with Crippen LogP contribution in [0.4, 0.5) is 0 Å². The Kier molecular flexibility index (Phi) is 4.74. The lowest BCUT2D eigenvalue weighted by atomic mass is 9.94. The molecule has 1 aliphatic rings. The number of fused-ring (bicyclic) bond motifs is 1. The van der Waals surface area contributed by atoms with Crippen LogP contribution >= 0.6 is 0 Å². The molecule has 0 spiro atoms. The SMILES string of the molecule is COc1ccc(COc2ccc3c(c2C(C)C)OCCC3=O)cc1. The molecule has 1 heterocycles. The number of ether oxygens (including phenoxy) is 3. The summed E-state index contributed by atoms with van der Waals surface area (Å²) in [5, 5.41) is 0. The maximum atomic E-state index is 12.1. The van der Waals surface area contributed by atoms with Crippen molar-refractivity contribution in [2.45, 2.75) is 32.8 Å². The topological polar surface area (TPSA) is 44.8 Å². The highest BCUT2D eigenvalue weighted by Crippen LogP contribution is 2.40. The molecule has 4 nitrogen and oxygen atoms in total. The minimum Gasteiger partial charge on any atom is -0.497 e. The van der Waals surface area contributed by atoms with Gasteiger partial charge in [-0.15, -0.1) is 0 Å². The first-order chi connectivity index (χ1) is 11.6. The average Bonchev–Trinajstić information content (AvgIpc) is 2.60. The first-order valence-electron chi connectivity index (χ1n) is 8.18. The molecule has 0 unspecified atom stereocenters. The number of benzene rings is 2. The van der Waals surface area contributed by atoms with Gasteiger partial charge >= 0.3 is 0 Å². The van der Waals surface area contributed by atoms with Gasteiger partial charge in [0, 0.05) is 12.0 Å². The number of hydrogen-bond acceptors (Lipinski definition) is 4. The van der Waals surface area contributed by atoms with Gasteiger partial charge in [0.1, 0.15) is 23.9 Å². The van der Waals surface area contributed by atoms with E-state index in [1.54, 1.807) is 7.11 Å². The summed E-state index contributed by atoms with van der Waals surface area (Å²) in [6, 6.07) is 11.5. The second-order valence-electron chi connectivity index (χ2n) is 6.17. The van der Waals surface area contributed by atoms with E-state index in [0.717, 1.165) is 22.6 Å². The fraction of sp³-hybridized carbons (Fsp3) is 0.350. The number of ketones is 1. The van der Waals surface area contributed by atoms with Crippen LogP contribution in [0.25, 0.3) is 0 Å². The Bertz CT molecular complexity index is 732. The summed E-state index contributed by atoms with van der Waals surface area (Å²) in [5.41, 5.74) is 2.69. The van der Waals surface area contributed by atoms with E-state index in [1.165, 1.54) is 0 Å². The molecule has 0 N–H and O–H groups in total. The van der Waals surface area contributed by atoms with Crippen molar-refractivity contribution in [1.82, 2.24) is 0 Å². The first-order valence-corrected chi connectivity index (χ1v) is 8.18. The van der Waals surface area contributed by atoms with Crippen molar-refractivity contribution in [3.8, 4) is 17.2 Å².